The van der Waals surface area contributed by atoms with Crippen LogP contribution in [-0.2, 0) is 0 Å². The van der Waals surface area contributed by atoms with Crippen LogP contribution in [-0.4, -0.2) is 27.8 Å². The van der Waals surface area contributed by atoms with E-state index < -0.39 is 0 Å². The van der Waals surface area contributed by atoms with Crippen LogP contribution in [0.2, 0.25) is 0 Å². The molecule has 0 atom stereocenters. The van der Waals surface area contributed by atoms with Crippen molar-refractivity contribution in [2.75, 3.05) is 38.4 Å². The Morgan fingerprint density at radius 1 is 1.18 bits per heavy atom. The number of methoxy groups -OCH3 is 2. The van der Waals surface area contributed by atoms with Crippen molar-refractivity contribution >= 4 is 11.4 Å². The fourth-order valence-electron chi connectivity index (χ4n) is 1.86. The number of benzene rings is 1. The zero-order chi connectivity index (χ0) is 13.0. The molecule has 0 bridgehead atoms. The normalized spacial score (nSPS) is 10.5. The lowest BCUT2D eigenvalue weighted by atomic mass is 10.1. The van der Waals surface area contributed by atoms with Gasteiger partial charge in [-0.1, -0.05) is 13.8 Å². The first-order chi connectivity index (χ1) is 7.99. The van der Waals surface area contributed by atoms with Crippen molar-refractivity contribution in [2.24, 2.45) is 5.92 Å². The van der Waals surface area contributed by atoms with Crippen molar-refractivity contribution in [1.29, 1.82) is 0 Å². The van der Waals surface area contributed by atoms with Crippen molar-refractivity contribution in [2.45, 2.75) is 13.8 Å². The number of nitrogen functional groups attached to an aromatic ring is 1. The maximum absolute atomic E-state index is 6.02. The molecule has 1 rings (SSSR count). The molecule has 0 aliphatic rings. The Morgan fingerprint density at radius 2 is 1.71 bits per heavy atom. The van der Waals surface area contributed by atoms with Crippen molar-refractivity contribution in [1.82, 2.24) is 0 Å². The first-order valence-corrected chi connectivity index (χ1v) is 5.72. The fraction of sp³-hybridized carbons (Fsp3) is 0.538. The predicted octanol–water partition coefficient (Wildman–Crippen LogP) is 2.38. The summed E-state index contributed by atoms with van der Waals surface area (Å²) in [6.07, 6.45) is 0. The molecule has 1 aromatic rings. The molecule has 0 saturated carbocycles. The molecule has 0 aliphatic carbocycles. The highest BCUT2D eigenvalue weighted by atomic mass is 16.5. The van der Waals surface area contributed by atoms with Crippen LogP contribution in [0.15, 0.2) is 12.1 Å². The minimum Gasteiger partial charge on any atom is -0.493 e. The SMILES string of the molecule is COc1cc(N)c(N(C)CC(C)C)cc1OC. The van der Waals surface area contributed by atoms with E-state index in [9.17, 15) is 0 Å². The zero-order valence-corrected chi connectivity index (χ0v) is 11.3. The van der Waals surface area contributed by atoms with Crippen LogP contribution in [0.1, 0.15) is 13.8 Å². The van der Waals surface area contributed by atoms with E-state index in [2.05, 4.69) is 18.7 Å². The van der Waals surface area contributed by atoms with Gasteiger partial charge in [0.2, 0.25) is 0 Å². The maximum Gasteiger partial charge on any atom is 0.162 e. The lowest BCUT2D eigenvalue weighted by molar-refractivity contribution is 0.355. The van der Waals surface area contributed by atoms with E-state index in [1.54, 1.807) is 20.3 Å². The van der Waals surface area contributed by atoms with Crippen LogP contribution in [0.3, 0.4) is 0 Å². The van der Waals surface area contributed by atoms with Gasteiger partial charge in [-0.3, -0.25) is 0 Å². The second kappa shape index (κ2) is 5.66. The van der Waals surface area contributed by atoms with E-state index in [1.807, 2.05) is 13.1 Å². The molecule has 0 amide bonds. The highest BCUT2D eigenvalue weighted by molar-refractivity contribution is 5.72. The van der Waals surface area contributed by atoms with Crippen LogP contribution < -0.4 is 20.1 Å². The summed E-state index contributed by atoms with van der Waals surface area (Å²) >= 11 is 0. The van der Waals surface area contributed by atoms with Gasteiger partial charge in [-0.15, -0.1) is 0 Å². The highest BCUT2D eigenvalue weighted by Gasteiger charge is 2.12. The summed E-state index contributed by atoms with van der Waals surface area (Å²) in [4.78, 5) is 2.13. The maximum atomic E-state index is 6.02. The lowest BCUT2D eigenvalue weighted by Gasteiger charge is -2.24. The van der Waals surface area contributed by atoms with Gasteiger partial charge in [-0.25, -0.2) is 0 Å². The molecule has 96 valence electrons. The number of rotatable bonds is 5. The molecule has 0 heterocycles. The highest BCUT2D eigenvalue weighted by Crippen LogP contribution is 2.36. The minimum absolute atomic E-state index is 0.576. The smallest absolute Gasteiger partial charge is 0.162 e. The Hall–Kier alpha value is -1.58. The van der Waals surface area contributed by atoms with Gasteiger partial charge in [0.25, 0.3) is 0 Å². The van der Waals surface area contributed by atoms with Crippen molar-refractivity contribution in [3.05, 3.63) is 12.1 Å². The van der Waals surface area contributed by atoms with E-state index in [1.165, 1.54) is 0 Å². The van der Waals surface area contributed by atoms with Crippen LogP contribution in [0.5, 0.6) is 11.5 Å². The number of nitrogens with zero attached hydrogens (tertiary/aromatic N) is 1. The molecule has 0 radical (unpaired) electrons. The summed E-state index contributed by atoms with van der Waals surface area (Å²) in [6, 6.07) is 3.71. The number of hydrogen-bond donors (Lipinski definition) is 1. The second-order valence-electron chi connectivity index (χ2n) is 4.54. The summed E-state index contributed by atoms with van der Waals surface area (Å²) in [5.74, 6) is 1.94. The zero-order valence-electron chi connectivity index (χ0n) is 11.3. The van der Waals surface area contributed by atoms with Gasteiger partial charge in [0.1, 0.15) is 0 Å². The van der Waals surface area contributed by atoms with Gasteiger partial charge < -0.3 is 20.1 Å². The molecule has 4 heteroatoms. The van der Waals surface area contributed by atoms with Crippen molar-refractivity contribution in [3.8, 4) is 11.5 Å². The molecule has 4 nitrogen and oxygen atoms in total. The number of nitrogens with two attached hydrogens (primary N) is 1. The van der Waals surface area contributed by atoms with Gasteiger partial charge in [0.15, 0.2) is 11.5 Å². The summed E-state index contributed by atoms with van der Waals surface area (Å²) in [6.45, 7) is 5.29. The third-order valence-corrected chi connectivity index (χ3v) is 2.58. The summed E-state index contributed by atoms with van der Waals surface area (Å²) < 4.78 is 10.5. The predicted molar refractivity (Wildman–Crippen MR) is 72.1 cm³/mol. The average molecular weight is 238 g/mol. The Bertz CT molecular complexity index is 378. The van der Waals surface area contributed by atoms with E-state index in [-0.39, 0.29) is 0 Å². The monoisotopic (exact) mass is 238 g/mol. The van der Waals surface area contributed by atoms with E-state index in [0.29, 0.717) is 23.1 Å². The van der Waals surface area contributed by atoms with E-state index in [0.717, 1.165) is 12.2 Å². The molecular weight excluding hydrogens is 216 g/mol. The Kier molecular flexibility index (Phi) is 4.49. The molecule has 1 aromatic carbocycles. The lowest BCUT2D eigenvalue weighted by Crippen LogP contribution is -2.23. The largest absolute Gasteiger partial charge is 0.493 e. The molecule has 0 aromatic heterocycles. The molecule has 17 heavy (non-hydrogen) atoms. The van der Waals surface area contributed by atoms with Crippen LogP contribution in [0.25, 0.3) is 0 Å². The van der Waals surface area contributed by atoms with Gasteiger partial charge in [-0.05, 0) is 5.92 Å². The van der Waals surface area contributed by atoms with Crippen LogP contribution in [0, 0.1) is 5.92 Å². The summed E-state index contributed by atoms with van der Waals surface area (Å²) in [7, 11) is 5.26. The molecular formula is C13H22N2O2. The molecule has 0 aliphatic heterocycles. The van der Waals surface area contributed by atoms with Crippen LogP contribution >= 0.6 is 0 Å². The minimum atomic E-state index is 0.576. The molecule has 2 N–H and O–H groups in total. The topological polar surface area (TPSA) is 47.7 Å². The molecule has 0 unspecified atom stereocenters. The van der Waals surface area contributed by atoms with E-state index in [4.69, 9.17) is 15.2 Å². The quantitative estimate of drug-likeness (QED) is 0.800. The number of anilines is 2. The van der Waals surface area contributed by atoms with Crippen LogP contribution in [0.4, 0.5) is 11.4 Å². The average Bonchev–Trinajstić information content (AvgIpc) is 2.27. The van der Waals surface area contributed by atoms with Gasteiger partial charge in [0.05, 0.1) is 25.6 Å². The van der Waals surface area contributed by atoms with Crippen molar-refractivity contribution < 1.29 is 9.47 Å². The Labute approximate surface area is 103 Å². The number of hydrogen-bond acceptors (Lipinski definition) is 4. The first-order valence-electron chi connectivity index (χ1n) is 5.72. The standard InChI is InChI=1S/C13H22N2O2/c1-9(2)8-15(3)11-7-13(17-5)12(16-4)6-10(11)14/h6-7,9H,8,14H2,1-5H3. The first kappa shape index (κ1) is 13.5. The fourth-order valence-corrected chi connectivity index (χ4v) is 1.86. The van der Waals surface area contributed by atoms with Gasteiger partial charge in [0, 0.05) is 25.7 Å². The van der Waals surface area contributed by atoms with Gasteiger partial charge >= 0.3 is 0 Å². The molecule has 0 fully saturated rings. The third kappa shape index (κ3) is 3.19. The Morgan fingerprint density at radius 3 is 2.18 bits per heavy atom. The van der Waals surface area contributed by atoms with E-state index >= 15 is 0 Å². The summed E-state index contributed by atoms with van der Waals surface area (Å²) in [5, 5.41) is 0. The third-order valence-electron chi connectivity index (χ3n) is 2.58. The van der Waals surface area contributed by atoms with Crippen molar-refractivity contribution in [3.63, 3.8) is 0 Å². The second-order valence-corrected chi connectivity index (χ2v) is 4.54. The Balaban J connectivity index is 3.07. The van der Waals surface area contributed by atoms with Gasteiger partial charge in [-0.2, -0.15) is 0 Å². The number of ether oxygens (including phenoxy) is 2. The molecule has 0 saturated heterocycles. The molecule has 0 spiro atoms. The summed E-state index contributed by atoms with van der Waals surface area (Å²) in [5.41, 5.74) is 7.69.